The molecule has 18 heavy (non-hydrogen) atoms. The summed E-state index contributed by atoms with van der Waals surface area (Å²) in [6.07, 6.45) is 2.72. The highest BCUT2D eigenvalue weighted by molar-refractivity contribution is 5.75. The summed E-state index contributed by atoms with van der Waals surface area (Å²) in [5.41, 5.74) is 0.540. The van der Waals surface area contributed by atoms with Crippen molar-refractivity contribution >= 4 is 11.9 Å². The van der Waals surface area contributed by atoms with E-state index in [9.17, 15) is 9.59 Å². The van der Waals surface area contributed by atoms with E-state index in [-0.39, 0.29) is 19.0 Å². The van der Waals surface area contributed by atoms with Gasteiger partial charge in [-0.05, 0) is 20.0 Å². The summed E-state index contributed by atoms with van der Waals surface area (Å²) in [4.78, 5) is 21.8. The third-order valence-corrected chi connectivity index (χ3v) is 2.18. The quantitative estimate of drug-likeness (QED) is 0.513. The van der Waals surface area contributed by atoms with Crippen LogP contribution in [-0.4, -0.2) is 45.6 Å². The standard InChI is InChI=1S/C10H17N5O3/c1-11-4-2-3-9(16)12-5-8-6-15(14-13-8)7-10(17)18/h6,11H,2-5,7H2,1H3,(H,12,16)(H,17,18). The Balaban J connectivity index is 2.28. The molecule has 0 saturated heterocycles. The van der Waals surface area contributed by atoms with Crippen molar-refractivity contribution in [2.75, 3.05) is 13.6 Å². The van der Waals surface area contributed by atoms with Gasteiger partial charge in [0.1, 0.15) is 12.2 Å². The van der Waals surface area contributed by atoms with E-state index in [1.807, 2.05) is 7.05 Å². The molecule has 1 rings (SSSR count). The molecule has 0 unspecified atom stereocenters. The van der Waals surface area contributed by atoms with Crippen LogP contribution in [0.5, 0.6) is 0 Å². The molecule has 8 heteroatoms. The maximum Gasteiger partial charge on any atom is 0.325 e. The van der Waals surface area contributed by atoms with Gasteiger partial charge in [0.25, 0.3) is 0 Å². The second-order valence-corrected chi connectivity index (χ2v) is 3.79. The lowest BCUT2D eigenvalue weighted by molar-refractivity contribution is -0.138. The molecule has 0 bridgehead atoms. The summed E-state index contributed by atoms with van der Waals surface area (Å²) in [7, 11) is 1.83. The fourth-order valence-corrected chi connectivity index (χ4v) is 1.34. The van der Waals surface area contributed by atoms with Gasteiger partial charge in [-0.1, -0.05) is 5.21 Å². The lowest BCUT2D eigenvalue weighted by atomic mass is 10.3. The molecule has 0 atom stereocenters. The van der Waals surface area contributed by atoms with Gasteiger partial charge < -0.3 is 15.7 Å². The Morgan fingerprint density at radius 2 is 2.28 bits per heavy atom. The van der Waals surface area contributed by atoms with Crippen molar-refractivity contribution in [3.8, 4) is 0 Å². The number of nitrogens with one attached hydrogen (secondary N) is 2. The monoisotopic (exact) mass is 255 g/mol. The number of hydrogen-bond acceptors (Lipinski definition) is 5. The number of carbonyl (C=O) groups excluding carboxylic acids is 1. The van der Waals surface area contributed by atoms with Gasteiger partial charge in [-0.15, -0.1) is 5.10 Å². The van der Waals surface area contributed by atoms with E-state index in [4.69, 9.17) is 5.11 Å². The first-order valence-electron chi connectivity index (χ1n) is 5.64. The van der Waals surface area contributed by atoms with Gasteiger partial charge in [0, 0.05) is 6.42 Å². The predicted molar refractivity (Wildman–Crippen MR) is 62.7 cm³/mol. The van der Waals surface area contributed by atoms with Gasteiger partial charge >= 0.3 is 5.97 Å². The Kier molecular flexibility index (Phi) is 5.78. The van der Waals surface area contributed by atoms with Gasteiger partial charge in [-0.2, -0.15) is 0 Å². The number of carboxylic acid groups (broad SMARTS) is 1. The number of amides is 1. The van der Waals surface area contributed by atoms with Gasteiger partial charge in [-0.3, -0.25) is 9.59 Å². The van der Waals surface area contributed by atoms with Crippen LogP contribution in [0, 0.1) is 0 Å². The number of rotatable bonds is 8. The maximum atomic E-state index is 11.4. The van der Waals surface area contributed by atoms with Crippen LogP contribution in [0.15, 0.2) is 6.20 Å². The smallest absolute Gasteiger partial charge is 0.325 e. The molecule has 0 aliphatic heterocycles. The van der Waals surface area contributed by atoms with Gasteiger partial charge in [0.2, 0.25) is 5.91 Å². The van der Waals surface area contributed by atoms with E-state index >= 15 is 0 Å². The minimum atomic E-state index is -0.984. The van der Waals surface area contributed by atoms with Crippen LogP contribution in [0.2, 0.25) is 0 Å². The molecule has 0 saturated carbocycles. The van der Waals surface area contributed by atoms with Crippen LogP contribution in [0.4, 0.5) is 0 Å². The summed E-state index contributed by atoms with van der Waals surface area (Å²) in [5.74, 6) is -1.04. The normalized spacial score (nSPS) is 10.3. The van der Waals surface area contributed by atoms with E-state index in [2.05, 4.69) is 20.9 Å². The van der Waals surface area contributed by atoms with Crippen molar-refractivity contribution in [2.24, 2.45) is 0 Å². The van der Waals surface area contributed by atoms with Crippen molar-refractivity contribution in [1.29, 1.82) is 0 Å². The molecule has 8 nitrogen and oxygen atoms in total. The summed E-state index contributed by atoms with van der Waals surface area (Å²) in [6.45, 7) is 0.823. The van der Waals surface area contributed by atoms with Crippen LogP contribution in [0.3, 0.4) is 0 Å². The number of carbonyl (C=O) groups is 2. The van der Waals surface area contributed by atoms with Crippen molar-refractivity contribution in [3.63, 3.8) is 0 Å². The first-order chi connectivity index (χ1) is 8.61. The van der Waals surface area contributed by atoms with E-state index in [1.165, 1.54) is 10.9 Å². The minimum absolute atomic E-state index is 0.0574. The SMILES string of the molecule is CNCCCC(=O)NCc1cn(CC(=O)O)nn1. The minimum Gasteiger partial charge on any atom is -0.480 e. The zero-order chi connectivity index (χ0) is 13.4. The number of carboxylic acids is 1. The molecule has 0 radical (unpaired) electrons. The van der Waals surface area contributed by atoms with Crippen LogP contribution < -0.4 is 10.6 Å². The van der Waals surface area contributed by atoms with Gasteiger partial charge in [0.15, 0.2) is 0 Å². The average Bonchev–Trinajstić information content (AvgIpc) is 2.73. The average molecular weight is 255 g/mol. The van der Waals surface area contributed by atoms with Crippen molar-refractivity contribution in [3.05, 3.63) is 11.9 Å². The van der Waals surface area contributed by atoms with E-state index < -0.39 is 5.97 Å². The first kappa shape index (κ1) is 14.1. The zero-order valence-electron chi connectivity index (χ0n) is 10.2. The largest absolute Gasteiger partial charge is 0.480 e. The number of aromatic nitrogens is 3. The van der Waals surface area contributed by atoms with E-state index in [0.717, 1.165) is 13.0 Å². The van der Waals surface area contributed by atoms with Crippen molar-refractivity contribution in [1.82, 2.24) is 25.6 Å². The number of nitrogens with zero attached hydrogens (tertiary/aromatic N) is 3. The summed E-state index contributed by atoms with van der Waals surface area (Å²) >= 11 is 0. The fourth-order valence-electron chi connectivity index (χ4n) is 1.34. The molecule has 0 spiro atoms. The van der Waals surface area contributed by atoms with Crippen molar-refractivity contribution in [2.45, 2.75) is 25.9 Å². The lowest BCUT2D eigenvalue weighted by Gasteiger charge is -2.02. The molecular formula is C10H17N5O3. The van der Waals surface area contributed by atoms with E-state index in [0.29, 0.717) is 12.1 Å². The predicted octanol–water partition coefficient (Wildman–Crippen LogP) is -1.02. The third kappa shape index (κ3) is 5.39. The van der Waals surface area contributed by atoms with Crippen molar-refractivity contribution < 1.29 is 14.7 Å². The molecule has 0 aliphatic carbocycles. The topological polar surface area (TPSA) is 109 Å². The Morgan fingerprint density at radius 3 is 2.94 bits per heavy atom. The molecule has 0 aliphatic rings. The molecule has 3 N–H and O–H groups in total. The highest BCUT2D eigenvalue weighted by Gasteiger charge is 2.06. The maximum absolute atomic E-state index is 11.4. The summed E-state index contributed by atoms with van der Waals surface area (Å²) < 4.78 is 1.21. The summed E-state index contributed by atoms with van der Waals surface area (Å²) in [5, 5.41) is 21.6. The molecule has 1 aromatic rings. The second-order valence-electron chi connectivity index (χ2n) is 3.79. The van der Waals surface area contributed by atoms with Crippen LogP contribution in [0.1, 0.15) is 18.5 Å². The van der Waals surface area contributed by atoms with Crippen LogP contribution in [-0.2, 0) is 22.7 Å². The highest BCUT2D eigenvalue weighted by atomic mass is 16.4. The molecule has 1 heterocycles. The number of aliphatic carboxylic acids is 1. The summed E-state index contributed by atoms with van der Waals surface area (Å²) in [6, 6.07) is 0. The van der Waals surface area contributed by atoms with Crippen LogP contribution in [0.25, 0.3) is 0 Å². The Labute approximate surface area is 104 Å². The molecule has 1 aromatic heterocycles. The Hall–Kier alpha value is -1.96. The van der Waals surface area contributed by atoms with Crippen LogP contribution >= 0.6 is 0 Å². The molecule has 0 fully saturated rings. The Morgan fingerprint density at radius 1 is 1.50 bits per heavy atom. The molecule has 100 valence electrons. The number of hydrogen-bond donors (Lipinski definition) is 3. The van der Waals surface area contributed by atoms with E-state index in [1.54, 1.807) is 0 Å². The van der Waals surface area contributed by atoms with Gasteiger partial charge in [-0.25, -0.2) is 4.68 Å². The second kappa shape index (κ2) is 7.38. The Bertz CT molecular complexity index is 404. The third-order valence-electron chi connectivity index (χ3n) is 2.18. The molecule has 1 amide bonds. The first-order valence-corrected chi connectivity index (χ1v) is 5.64. The van der Waals surface area contributed by atoms with Gasteiger partial charge in [0.05, 0.1) is 12.7 Å². The fraction of sp³-hybridized carbons (Fsp3) is 0.600. The highest BCUT2D eigenvalue weighted by Crippen LogP contribution is 1.94. The zero-order valence-corrected chi connectivity index (χ0v) is 10.2. The molecule has 0 aromatic carbocycles. The molecular weight excluding hydrogens is 238 g/mol. The lowest BCUT2D eigenvalue weighted by Crippen LogP contribution is -2.23.